The second-order valence-electron chi connectivity index (χ2n) is 7.28. The van der Waals surface area contributed by atoms with Gasteiger partial charge < -0.3 is 20.9 Å². The van der Waals surface area contributed by atoms with Crippen LogP contribution in [0, 0.1) is 11.6 Å². The summed E-state index contributed by atoms with van der Waals surface area (Å²) in [5, 5.41) is 12.4. The minimum Gasteiger partial charge on any atom is -0.485 e. The van der Waals surface area contributed by atoms with Gasteiger partial charge in [0.25, 0.3) is 5.91 Å². The molecule has 1 aliphatic heterocycles. The molecule has 3 heterocycles. The summed E-state index contributed by atoms with van der Waals surface area (Å²) < 4.78 is 34.3. The van der Waals surface area contributed by atoms with Gasteiger partial charge in [-0.05, 0) is 18.2 Å². The molecule has 2 atom stereocenters. The number of amides is 1. The van der Waals surface area contributed by atoms with Crippen LogP contribution in [-0.4, -0.2) is 44.9 Å². The maximum absolute atomic E-state index is 14.5. The molecule has 174 valence electrons. The Balaban J connectivity index is 1.69. The summed E-state index contributed by atoms with van der Waals surface area (Å²) in [5.41, 5.74) is 5.07. The molecule has 3 aromatic rings. The Hall–Kier alpha value is -3.89. The third-order valence-electron chi connectivity index (χ3n) is 5.03. The van der Waals surface area contributed by atoms with Crippen molar-refractivity contribution >= 4 is 40.4 Å². The van der Waals surface area contributed by atoms with Crippen LogP contribution in [0.15, 0.2) is 54.9 Å². The summed E-state index contributed by atoms with van der Waals surface area (Å²) >= 11 is 5.78. The van der Waals surface area contributed by atoms with Crippen molar-refractivity contribution in [3.63, 3.8) is 0 Å². The lowest BCUT2D eigenvalue weighted by Crippen LogP contribution is -2.39. The first kappa shape index (κ1) is 23.3. The lowest BCUT2D eigenvalue weighted by Gasteiger charge is -2.27. The van der Waals surface area contributed by atoms with E-state index in [1.54, 1.807) is 0 Å². The van der Waals surface area contributed by atoms with E-state index in [2.05, 4.69) is 15.3 Å². The predicted molar refractivity (Wildman–Crippen MR) is 121 cm³/mol. The molecule has 4 rings (SSSR count). The van der Waals surface area contributed by atoms with Gasteiger partial charge in [-0.1, -0.05) is 12.1 Å². The highest BCUT2D eigenvalue weighted by Crippen LogP contribution is 2.31. The Morgan fingerprint density at radius 3 is 2.71 bits per heavy atom. The van der Waals surface area contributed by atoms with E-state index in [1.165, 1.54) is 36.7 Å². The smallest absolute Gasteiger partial charge is 0.276 e. The summed E-state index contributed by atoms with van der Waals surface area (Å²) in [5.74, 6) is -3.15. The molecule has 0 fully saturated rings. The lowest BCUT2D eigenvalue weighted by atomic mass is 10.0. The molecule has 1 amide bonds. The van der Waals surface area contributed by atoms with Gasteiger partial charge in [-0.15, -0.1) is 11.6 Å². The average Bonchev–Trinajstić information content (AvgIpc) is 2.82. The molecule has 0 radical (unpaired) electrons. The lowest BCUT2D eigenvalue weighted by molar-refractivity contribution is -0.128. The first-order valence-electron chi connectivity index (χ1n) is 9.93. The van der Waals surface area contributed by atoms with Crippen LogP contribution >= 0.6 is 11.6 Å². The Labute approximate surface area is 197 Å². The molecule has 34 heavy (non-hydrogen) atoms. The van der Waals surface area contributed by atoms with Crippen LogP contribution in [0.4, 0.5) is 20.2 Å². The fourth-order valence-electron chi connectivity index (χ4n) is 3.33. The van der Waals surface area contributed by atoms with Gasteiger partial charge in [0.2, 0.25) is 0 Å². The third-order valence-corrected chi connectivity index (χ3v) is 5.34. The third kappa shape index (κ3) is 4.45. The zero-order chi connectivity index (χ0) is 24.4. The first-order chi connectivity index (χ1) is 16.3. The standard InChI is InChI=1S/C23H17ClF2N4O4/c24-9-19-22(32)17(31)8-18(34-19)12-5-6-28-10-16(12)29-23(33)21-15(27)7-14(26)20(30-21)11-3-1-2-4-13(11)25/h1-8,10,19,22,32H,9,27H2,(H,29,33)/t19-,22+/m1/s1. The number of aromatic nitrogens is 2. The fraction of sp³-hybridized carbons (Fsp3) is 0.130. The van der Waals surface area contributed by atoms with E-state index >= 15 is 0 Å². The largest absolute Gasteiger partial charge is 0.485 e. The van der Waals surface area contributed by atoms with Crippen molar-refractivity contribution in [3.8, 4) is 11.3 Å². The van der Waals surface area contributed by atoms with Crippen LogP contribution in [0.2, 0.25) is 0 Å². The number of alkyl halides is 1. The number of carbonyl (C=O) groups is 2. The van der Waals surface area contributed by atoms with Crippen molar-refractivity contribution in [3.05, 3.63) is 77.8 Å². The van der Waals surface area contributed by atoms with Crippen molar-refractivity contribution in [1.29, 1.82) is 0 Å². The number of rotatable bonds is 5. The van der Waals surface area contributed by atoms with Gasteiger partial charge in [-0.3, -0.25) is 14.6 Å². The van der Waals surface area contributed by atoms with E-state index in [0.717, 1.165) is 18.2 Å². The quantitative estimate of drug-likeness (QED) is 0.473. The zero-order valence-corrected chi connectivity index (χ0v) is 18.1. The summed E-state index contributed by atoms with van der Waals surface area (Å²) in [4.78, 5) is 33.0. The van der Waals surface area contributed by atoms with E-state index in [1.807, 2.05) is 0 Å². The number of ether oxygens (including phenoxy) is 1. The van der Waals surface area contributed by atoms with Gasteiger partial charge in [0.05, 0.1) is 23.5 Å². The van der Waals surface area contributed by atoms with E-state index < -0.39 is 35.5 Å². The molecule has 1 aromatic carbocycles. The second-order valence-corrected chi connectivity index (χ2v) is 7.59. The van der Waals surface area contributed by atoms with Crippen molar-refractivity contribution in [2.45, 2.75) is 12.2 Å². The van der Waals surface area contributed by atoms with Gasteiger partial charge in [0.15, 0.2) is 23.4 Å². The monoisotopic (exact) mass is 486 g/mol. The van der Waals surface area contributed by atoms with E-state index in [4.69, 9.17) is 22.1 Å². The van der Waals surface area contributed by atoms with E-state index in [0.29, 0.717) is 0 Å². The van der Waals surface area contributed by atoms with Crippen molar-refractivity contribution < 1.29 is 28.2 Å². The van der Waals surface area contributed by atoms with Gasteiger partial charge in [-0.2, -0.15) is 0 Å². The van der Waals surface area contributed by atoms with E-state index in [-0.39, 0.29) is 45.5 Å². The van der Waals surface area contributed by atoms with Crippen LogP contribution in [-0.2, 0) is 9.53 Å². The van der Waals surface area contributed by atoms with Crippen LogP contribution in [0.3, 0.4) is 0 Å². The number of aliphatic hydroxyl groups is 1. The number of hydrogen-bond acceptors (Lipinski definition) is 7. The molecule has 8 nitrogen and oxygen atoms in total. The average molecular weight is 487 g/mol. The number of anilines is 2. The molecule has 2 aromatic heterocycles. The molecule has 0 saturated carbocycles. The molecule has 1 aliphatic rings. The summed E-state index contributed by atoms with van der Waals surface area (Å²) in [7, 11) is 0. The maximum atomic E-state index is 14.5. The molecule has 0 saturated heterocycles. The topological polar surface area (TPSA) is 127 Å². The summed E-state index contributed by atoms with van der Waals surface area (Å²) in [6.07, 6.45) is 1.38. The van der Waals surface area contributed by atoms with Crippen LogP contribution in [0.5, 0.6) is 0 Å². The number of carbonyl (C=O) groups excluding carboxylic acids is 2. The zero-order valence-electron chi connectivity index (χ0n) is 17.3. The highest BCUT2D eigenvalue weighted by Gasteiger charge is 2.33. The SMILES string of the molecule is Nc1cc(F)c(-c2ccccc2F)nc1C(=O)Nc1cnccc1C1=CC(=O)[C@H](O)[C@@H](CCl)O1. The number of nitrogens with two attached hydrogens (primary N) is 1. The highest BCUT2D eigenvalue weighted by atomic mass is 35.5. The van der Waals surface area contributed by atoms with Crippen molar-refractivity contribution in [2.24, 2.45) is 0 Å². The van der Waals surface area contributed by atoms with Crippen LogP contribution in [0.1, 0.15) is 16.1 Å². The van der Waals surface area contributed by atoms with Crippen LogP contribution < -0.4 is 11.1 Å². The minimum atomic E-state index is -1.42. The molecule has 4 N–H and O–H groups in total. The molecule has 0 spiro atoms. The Bertz CT molecular complexity index is 1320. The minimum absolute atomic E-state index is 0.0609. The number of ketones is 1. The number of aliphatic hydroxyl groups excluding tert-OH is 1. The molecular weight excluding hydrogens is 470 g/mol. The molecule has 11 heteroatoms. The highest BCUT2D eigenvalue weighted by molar-refractivity contribution is 6.18. The Kier molecular flexibility index (Phi) is 6.53. The molecule has 0 bridgehead atoms. The number of halogens is 3. The maximum Gasteiger partial charge on any atom is 0.276 e. The molecular formula is C23H17ClF2N4O4. The number of nitrogens with one attached hydrogen (secondary N) is 1. The van der Waals surface area contributed by atoms with Gasteiger partial charge in [0, 0.05) is 29.5 Å². The number of hydrogen-bond donors (Lipinski definition) is 3. The van der Waals surface area contributed by atoms with Crippen LogP contribution in [0.25, 0.3) is 17.0 Å². The number of pyridine rings is 2. The summed E-state index contributed by atoms with van der Waals surface area (Å²) in [6, 6.07) is 7.76. The second kappa shape index (κ2) is 9.54. The van der Waals surface area contributed by atoms with Gasteiger partial charge >= 0.3 is 0 Å². The van der Waals surface area contributed by atoms with Crippen molar-refractivity contribution in [2.75, 3.05) is 16.9 Å². The van der Waals surface area contributed by atoms with Gasteiger partial charge in [0.1, 0.15) is 23.4 Å². The normalized spacial score (nSPS) is 17.6. The predicted octanol–water partition coefficient (Wildman–Crippen LogP) is 3.16. The van der Waals surface area contributed by atoms with Crippen molar-refractivity contribution in [1.82, 2.24) is 9.97 Å². The molecule has 0 aliphatic carbocycles. The molecule has 0 unspecified atom stereocenters. The fourth-order valence-corrected chi connectivity index (χ4v) is 3.57. The first-order valence-corrected chi connectivity index (χ1v) is 10.5. The number of nitrogens with zero attached hydrogens (tertiary/aromatic N) is 2. The Morgan fingerprint density at radius 2 is 1.97 bits per heavy atom. The number of nitrogen functional groups attached to an aromatic ring is 1. The van der Waals surface area contributed by atoms with E-state index in [9.17, 15) is 23.5 Å². The summed E-state index contributed by atoms with van der Waals surface area (Å²) in [6.45, 7) is 0. The Morgan fingerprint density at radius 1 is 1.21 bits per heavy atom. The van der Waals surface area contributed by atoms with Gasteiger partial charge in [-0.25, -0.2) is 13.8 Å². The number of benzene rings is 1.